The van der Waals surface area contributed by atoms with Crippen molar-refractivity contribution in [2.24, 2.45) is 0 Å². The average molecular weight is 308 g/mol. The topological polar surface area (TPSA) is 81.4 Å². The van der Waals surface area contributed by atoms with Crippen LogP contribution in [0.4, 0.5) is 5.00 Å². The normalized spacial score (nSPS) is 10.5. The molecule has 0 aliphatic rings. The van der Waals surface area contributed by atoms with Gasteiger partial charge in [0, 0.05) is 4.88 Å². The predicted octanol–water partition coefficient (Wildman–Crippen LogP) is 2.95. The van der Waals surface area contributed by atoms with Gasteiger partial charge in [0.15, 0.2) is 0 Å². The van der Waals surface area contributed by atoms with Crippen molar-refractivity contribution < 1.29 is 18.8 Å². The number of amides is 1. The first-order chi connectivity index (χ1) is 9.97. The lowest BCUT2D eigenvalue weighted by atomic mass is 10.1. The van der Waals surface area contributed by atoms with Crippen LogP contribution in [-0.2, 0) is 11.2 Å². The summed E-state index contributed by atoms with van der Waals surface area (Å²) in [5, 5.41) is 7.06. The van der Waals surface area contributed by atoms with Crippen LogP contribution in [0.25, 0.3) is 0 Å². The van der Waals surface area contributed by atoms with Crippen molar-refractivity contribution in [3.05, 3.63) is 33.5 Å². The van der Waals surface area contributed by atoms with Crippen LogP contribution in [0.1, 0.15) is 44.0 Å². The Morgan fingerprint density at radius 3 is 2.76 bits per heavy atom. The Morgan fingerprint density at radius 1 is 1.43 bits per heavy atom. The number of aryl methyl sites for hydroxylation is 3. The molecule has 1 N–H and O–H groups in total. The Morgan fingerprint density at radius 2 is 2.14 bits per heavy atom. The van der Waals surface area contributed by atoms with E-state index < -0.39 is 5.97 Å². The molecule has 21 heavy (non-hydrogen) atoms. The predicted molar refractivity (Wildman–Crippen MR) is 79.0 cm³/mol. The van der Waals surface area contributed by atoms with E-state index in [9.17, 15) is 9.59 Å². The number of anilines is 1. The van der Waals surface area contributed by atoms with Crippen molar-refractivity contribution in [2.75, 3.05) is 12.4 Å². The highest BCUT2D eigenvalue weighted by Crippen LogP contribution is 2.29. The molecule has 6 nitrogen and oxygen atoms in total. The van der Waals surface area contributed by atoms with Gasteiger partial charge >= 0.3 is 5.97 Å². The van der Waals surface area contributed by atoms with Crippen LogP contribution >= 0.6 is 11.3 Å². The van der Waals surface area contributed by atoms with Gasteiger partial charge in [-0.05, 0) is 26.3 Å². The largest absolute Gasteiger partial charge is 0.465 e. The first-order valence-corrected chi connectivity index (χ1v) is 7.24. The summed E-state index contributed by atoms with van der Waals surface area (Å²) in [6.45, 7) is 5.43. The van der Waals surface area contributed by atoms with Crippen molar-refractivity contribution in [3.8, 4) is 0 Å². The van der Waals surface area contributed by atoms with Crippen molar-refractivity contribution in [1.29, 1.82) is 0 Å². The molecule has 0 aromatic carbocycles. The molecule has 2 heterocycles. The molecule has 112 valence electrons. The van der Waals surface area contributed by atoms with Crippen LogP contribution < -0.4 is 5.32 Å². The number of carbonyl (C=O) groups excluding carboxylic acids is 2. The lowest BCUT2D eigenvalue weighted by Gasteiger charge is -2.05. The fraction of sp³-hybridized carbons (Fsp3) is 0.357. The summed E-state index contributed by atoms with van der Waals surface area (Å²) in [6.07, 6.45) is 0.591. The summed E-state index contributed by atoms with van der Waals surface area (Å²) in [6, 6.07) is 1.69. The number of thiophene rings is 1. The quantitative estimate of drug-likeness (QED) is 0.878. The van der Waals surface area contributed by atoms with Crippen LogP contribution in [0.3, 0.4) is 0 Å². The molecular formula is C14H16N2O4S. The van der Waals surface area contributed by atoms with Gasteiger partial charge in [-0.15, -0.1) is 11.3 Å². The lowest BCUT2D eigenvalue weighted by molar-refractivity contribution is 0.0602. The fourth-order valence-electron chi connectivity index (χ4n) is 1.98. The summed E-state index contributed by atoms with van der Waals surface area (Å²) in [5.74, 6) is -0.359. The second kappa shape index (κ2) is 6.09. The Balaban J connectivity index is 2.32. The van der Waals surface area contributed by atoms with Crippen LogP contribution in [0.15, 0.2) is 10.6 Å². The molecule has 0 fully saturated rings. The maximum Gasteiger partial charge on any atom is 0.340 e. The van der Waals surface area contributed by atoms with E-state index >= 15 is 0 Å². The fourth-order valence-corrected chi connectivity index (χ4v) is 2.88. The molecular weight excluding hydrogens is 292 g/mol. The van der Waals surface area contributed by atoms with Gasteiger partial charge < -0.3 is 14.6 Å². The second-order valence-corrected chi connectivity index (χ2v) is 5.72. The third-order valence-corrected chi connectivity index (χ3v) is 3.95. The van der Waals surface area contributed by atoms with E-state index in [1.54, 1.807) is 13.0 Å². The molecule has 0 atom stereocenters. The molecule has 2 aromatic heterocycles. The van der Waals surface area contributed by atoms with Crippen molar-refractivity contribution in [1.82, 2.24) is 5.16 Å². The monoisotopic (exact) mass is 308 g/mol. The van der Waals surface area contributed by atoms with Gasteiger partial charge in [0.2, 0.25) is 0 Å². The minimum absolute atomic E-state index is 0.336. The molecule has 0 saturated carbocycles. The van der Waals surface area contributed by atoms with Gasteiger partial charge in [-0.1, -0.05) is 12.1 Å². The molecule has 0 radical (unpaired) electrons. The standard InChI is InChI=1S/C14H16N2O4S/c1-5-10-11(8(3)20-16-10)12(17)15-13-9(14(18)19-4)6-7(2)21-13/h6H,5H2,1-4H3,(H,15,17). The summed E-state index contributed by atoms with van der Waals surface area (Å²) in [7, 11) is 1.31. The Labute approximate surface area is 126 Å². The Kier molecular flexibility index (Phi) is 4.42. The first-order valence-electron chi connectivity index (χ1n) is 6.43. The van der Waals surface area contributed by atoms with E-state index in [0.717, 1.165) is 4.88 Å². The number of hydrogen-bond donors (Lipinski definition) is 1. The number of esters is 1. The molecule has 2 aromatic rings. The van der Waals surface area contributed by atoms with Gasteiger partial charge in [0.1, 0.15) is 16.3 Å². The summed E-state index contributed by atoms with van der Waals surface area (Å²) < 4.78 is 9.77. The van der Waals surface area contributed by atoms with E-state index in [2.05, 4.69) is 10.5 Å². The SMILES string of the molecule is CCc1noc(C)c1C(=O)Nc1sc(C)cc1C(=O)OC. The highest BCUT2D eigenvalue weighted by molar-refractivity contribution is 7.16. The van der Waals surface area contributed by atoms with Crippen LogP contribution in [0.5, 0.6) is 0 Å². The number of nitrogens with zero attached hydrogens (tertiary/aromatic N) is 1. The maximum absolute atomic E-state index is 12.4. The number of ether oxygens (including phenoxy) is 1. The second-order valence-electron chi connectivity index (χ2n) is 4.46. The highest BCUT2D eigenvalue weighted by Gasteiger charge is 2.22. The van der Waals surface area contributed by atoms with E-state index in [4.69, 9.17) is 9.26 Å². The summed E-state index contributed by atoms with van der Waals surface area (Å²) >= 11 is 1.32. The molecule has 0 spiro atoms. The van der Waals surface area contributed by atoms with Gasteiger partial charge in [-0.3, -0.25) is 4.79 Å². The number of nitrogens with one attached hydrogen (secondary N) is 1. The molecule has 2 rings (SSSR count). The van der Waals surface area contributed by atoms with Crippen LogP contribution in [-0.4, -0.2) is 24.1 Å². The van der Waals surface area contributed by atoms with Gasteiger partial charge in [0.05, 0.1) is 18.4 Å². The van der Waals surface area contributed by atoms with E-state index in [1.165, 1.54) is 18.4 Å². The van der Waals surface area contributed by atoms with E-state index in [0.29, 0.717) is 34.0 Å². The van der Waals surface area contributed by atoms with Gasteiger partial charge in [-0.25, -0.2) is 4.79 Å². The molecule has 0 aliphatic carbocycles. The highest BCUT2D eigenvalue weighted by atomic mass is 32.1. The molecule has 0 aliphatic heterocycles. The van der Waals surface area contributed by atoms with Gasteiger partial charge in [-0.2, -0.15) is 0 Å². The number of aromatic nitrogens is 1. The van der Waals surface area contributed by atoms with Crippen molar-refractivity contribution >= 4 is 28.2 Å². The summed E-state index contributed by atoms with van der Waals surface area (Å²) in [4.78, 5) is 25.0. The first kappa shape index (κ1) is 15.2. The zero-order chi connectivity index (χ0) is 15.6. The van der Waals surface area contributed by atoms with Gasteiger partial charge in [0.25, 0.3) is 5.91 Å². The van der Waals surface area contributed by atoms with Crippen LogP contribution in [0, 0.1) is 13.8 Å². The van der Waals surface area contributed by atoms with Crippen molar-refractivity contribution in [2.45, 2.75) is 27.2 Å². The zero-order valence-electron chi connectivity index (χ0n) is 12.3. The molecule has 0 saturated heterocycles. The zero-order valence-corrected chi connectivity index (χ0v) is 13.1. The molecule has 0 unspecified atom stereocenters. The molecule has 1 amide bonds. The summed E-state index contributed by atoms with van der Waals surface area (Å²) in [5.41, 5.74) is 1.36. The molecule has 0 bridgehead atoms. The Hall–Kier alpha value is -2.15. The number of hydrogen-bond acceptors (Lipinski definition) is 6. The lowest BCUT2D eigenvalue weighted by Crippen LogP contribution is -2.15. The molecule has 7 heteroatoms. The Bertz CT molecular complexity index is 687. The van der Waals surface area contributed by atoms with Crippen LogP contribution in [0.2, 0.25) is 0 Å². The average Bonchev–Trinajstić information content (AvgIpc) is 3.00. The third kappa shape index (κ3) is 2.97. The maximum atomic E-state index is 12.4. The third-order valence-electron chi connectivity index (χ3n) is 2.98. The minimum atomic E-state index is -0.479. The number of methoxy groups -OCH3 is 1. The minimum Gasteiger partial charge on any atom is -0.465 e. The van der Waals surface area contributed by atoms with E-state index in [1.807, 2.05) is 13.8 Å². The van der Waals surface area contributed by atoms with E-state index in [-0.39, 0.29) is 5.91 Å². The van der Waals surface area contributed by atoms with Crippen molar-refractivity contribution in [3.63, 3.8) is 0 Å². The number of rotatable bonds is 4. The smallest absolute Gasteiger partial charge is 0.340 e. The number of carbonyl (C=O) groups is 2.